The van der Waals surface area contributed by atoms with Crippen molar-refractivity contribution < 1.29 is 9.53 Å². The largest absolute Gasteiger partial charge is 0.465 e. The van der Waals surface area contributed by atoms with Gasteiger partial charge < -0.3 is 4.74 Å². The Bertz CT molecular complexity index is 230. The van der Waals surface area contributed by atoms with Crippen LogP contribution in [0.25, 0.3) is 0 Å². The molecular formula is C14H27NO2. The number of rotatable bonds is 5. The molecule has 1 fully saturated rings. The Morgan fingerprint density at radius 2 is 2.06 bits per heavy atom. The maximum absolute atomic E-state index is 11.9. The third-order valence-corrected chi connectivity index (χ3v) is 3.85. The van der Waals surface area contributed by atoms with E-state index in [4.69, 9.17) is 4.74 Å². The first-order valence-corrected chi connectivity index (χ1v) is 7.13. The zero-order chi connectivity index (χ0) is 12.7. The van der Waals surface area contributed by atoms with Gasteiger partial charge in [-0.2, -0.15) is 0 Å². The number of carbonyl (C=O) groups is 1. The predicted molar refractivity (Wildman–Crippen MR) is 69.9 cm³/mol. The first-order chi connectivity index (χ1) is 8.22. The van der Waals surface area contributed by atoms with E-state index < -0.39 is 0 Å². The molecule has 1 heterocycles. The van der Waals surface area contributed by atoms with Gasteiger partial charge in [-0.15, -0.1) is 0 Å². The molecule has 0 aromatic carbocycles. The Kier molecular flexibility index (Phi) is 6.56. The smallest absolute Gasteiger partial charge is 0.323 e. The molecule has 1 rings (SSSR count). The van der Waals surface area contributed by atoms with Crippen LogP contribution in [0.1, 0.15) is 52.9 Å². The van der Waals surface area contributed by atoms with Crippen LogP contribution in [0.2, 0.25) is 0 Å². The van der Waals surface area contributed by atoms with Gasteiger partial charge in [-0.3, -0.25) is 9.69 Å². The molecule has 1 aliphatic heterocycles. The maximum Gasteiger partial charge on any atom is 0.323 e. The third-order valence-electron chi connectivity index (χ3n) is 3.85. The van der Waals surface area contributed by atoms with Crippen LogP contribution in [0.4, 0.5) is 0 Å². The average Bonchev–Trinajstić information content (AvgIpc) is 2.56. The summed E-state index contributed by atoms with van der Waals surface area (Å²) in [7, 11) is 0. The van der Waals surface area contributed by atoms with Crippen LogP contribution in [0, 0.1) is 5.92 Å². The van der Waals surface area contributed by atoms with Gasteiger partial charge in [-0.05, 0) is 51.6 Å². The van der Waals surface area contributed by atoms with E-state index in [0.717, 1.165) is 25.4 Å². The highest BCUT2D eigenvalue weighted by molar-refractivity contribution is 5.75. The number of hydrogen-bond donors (Lipinski definition) is 0. The molecule has 100 valence electrons. The van der Waals surface area contributed by atoms with E-state index in [-0.39, 0.29) is 12.0 Å². The van der Waals surface area contributed by atoms with Crippen molar-refractivity contribution in [1.29, 1.82) is 0 Å². The summed E-state index contributed by atoms with van der Waals surface area (Å²) in [6.07, 6.45) is 5.88. The molecule has 0 bridgehead atoms. The van der Waals surface area contributed by atoms with Crippen molar-refractivity contribution in [2.45, 2.75) is 58.9 Å². The van der Waals surface area contributed by atoms with Gasteiger partial charge in [0.05, 0.1) is 6.61 Å². The highest BCUT2D eigenvalue weighted by atomic mass is 16.5. The third kappa shape index (κ3) is 4.30. The van der Waals surface area contributed by atoms with Crippen LogP contribution in [-0.2, 0) is 9.53 Å². The Balaban J connectivity index is 2.53. The van der Waals surface area contributed by atoms with E-state index in [1.165, 1.54) is 25.7 Å². The number of likely N-dealkylation sites (tertiary alicyclic amines) is 1. The van der Waals surface area contributed by atoms with Gasteiger partial charge in [0.2, 0.25) is 0 Å². The zero-order valence-electron chi connectivity index (χ0n) is 11.6. The Morgan fingerprint density at radius 3 is 2.65 bits per heavy atom. The lowest BCUT2D eigenvalue weighted by molar-refractivity contribution is -0.149. The zero-order valence-corrected chi connectivity index (χ0v) is 11.6. The summed E-state index contributed by atoms with van der Waals surface area (Å²) in [6.45, 7) is 8.80. The summed E-state index contributed by atoms with van der Waals surface area (Å²) in [5, 5.41) is 0. The fourth-order valence-corrected chi connectivity index (χ4v) is 2.72. The molecule has 0 saturated carbocycles. The van der Waals surface area contributed by atoms with Crippen molar-refractivity contribution in [2.24, 2.45) is 5.92 Å². The van der Waals surface area contributed by atoms with Crippen LogP contribution in [0.3, 0.4) is 0 Å². The predicted octanol–water partition coefficient (Wildman–Crippen LogP) is 2.84. The molecule has 0 aromatic rings. The van der Waals surface area contributed by atoms with Gasteiger partial charge in [0.1, 0.15) is 6.04 Å². The summed E-state index contributed by atoms with van der Waals surface area (Å²) in [5.74, 6) is 0.810. The second-order valence-corrected chi connectivity index (χ2v) is 4.92. The lowest BCUT2D eigenvalue weighted by Crippen LogP contribution is -2.42. The minimum atomic E-state index is -0.0371. The van der Waals surface area contributed by atoms with E-state index >= 15 is 0 Å². The molecule has 1 aliphatic rings. The van der Waals surface area contributed by atoms with Gasteiger partial charge >= 0.3 is 5.97 Å². The fraction of sp³-hybridized carbons (Fsp3) is 0.929. The molecule has 17 heavy (non-hydrogen) atoms. The lowest BCUT2D eigenvalue weighted by atomic mass is 9.98. The average molecular weight is 241 g/mol. The van der Waals surface area contributed by atoms with Gasteiger partial charge in [-0.1, -0.05) is 20.3 Å². The molecule has 0 spiro atoms. The molecule has 0 aromatic heterocycles. The summed E-state index contributed by atoms with van der Waals surface area (Å²) >= 11 is 0. The second-order valence-electron chi connectivity index (χ2n) is 4.92. The van der Waals surface area contributed by atoms with Gasteiger partial charge in [-0.25, -0.2) is 0 Å². The Morgan fingerprint density at radius 1 is 1.29 bits per heavy atom. The second kappa shape index (κ2) is 7.70. The Hall–Kier alpha value is -0.570. The van der Waals surface area contributed by atoms with Crippen LogP contribution < -0.4 is 0 Å². The van der Waals surface area contributed by atoms with Crippen LogP contribution in [0.5, 0.6) is 0 Å². The van der Waals surface area contributed by atoms with Crippen LogP contribution >= 0.6 is 0 Å². The Labute approximate surface area is 106 Å². The lowest BCUT2D eigenvalue weighted by Gasteiger charge is -2.28. The molecular weight excluding hydrogens is 214 g/mol. The van der Waals surface area contributed by atoms with Crippen molar-refractivity contribution in [3.05, 3.63) is 0 Å². The van der Waals surface area contributed by atoms with E-state index in [1.807, 2.05) is 6.92 Å². The van der Waals surface area contributed by atoms with E-state index in [9.17, 15) is 4.79 Å². The molecule has 0 amide bonds. The number of ether oxygens (including phenoxy) is 1. The molecule has 2 unspecified atom stereocenters. The van der Waals surface area contributed by atoms with Crippen LogP contribution in [-0.4, -0.2) is 36.6 Å². The van der Waals surface area contributed by atoms with Crippen molar-refractivity contribution in [1.82, 2.24) is 4.90 Å². The van der Waals surface area contributed by atoms with Crippen molar-refractivity contribution in [3.63, 3.8) is 0 Å². The highest BCUT2D eigenvalue weighted by Gasteiger charge is 2.27. The van der Waals surface area contributed by atoms with E-state index in [0.29, 0.717) is 6.61 Å². The van der Waals surface area contributed by atoms with Crippen molar-refractivity contribution in [2.75, 3.05) is 19.7 Å². The fourth-order valence-electron chi connectivity index (χ4n) is 2.72. The first kappa shape index (κ1) is 14.5. The number of carbonyl (C=O) groups excluding carboxylic acids is 1. The summed E-state index contributed by atoms with van der Waals surface area (Å²) in [5.41, 5.74) is 0. The minimum absolute atomic E-state index is 0.0226. The van der Waals surface area contributed by atoms with Crippen molar-refractivity contribution >= 4 is 5.97 Å². The molecule has 0 aliphatic carbocycles. The molecule has 0 radical (unpaired) electrons. The van der Waals surface area contributed by atoms with Gasteiger partial charge in [0.25, 0.3) is 0 Å². The molecule has 0 N–H and O–H groups in total. The minimum Gasteiger partial charge on any atom is -0.465 e. The summed E-state index contributed by atoms with van der Waals surface area (Å²) in [6, 6.07) is -0.0226. The SMILES string of the molecule is CCOC(=O)C(CC)N1CCCC(CC)CC1. The normalized spacial score (nSPS) is 24.1. The molecule has 2 atom stereocenters. The van der Waals surface area contributed by atoms with E-state index in [1.54, 1.807) is 0 Å². The molecule has 1 saturated heterocycles. The highest BCUT2D eigenvalue weighted by Crippen LogP contribution is 2.22. The first-order valence-electron chi connectivity index (χ1n) is 7.13. The van der Waals surface area contributed by atoms with Gasteiger partial charge in [0.15, 0.2) is 0 Å². The van der Waals surface area contributed by atoms with Crippen LogP contribution in [0.15, 0.2) is 0 Å². The number of nitrogens with zero attached hydrogens (tertiary/aromatic N) is 1. The summed E-state index contributed by atoms with van der Waals surface area (Å²) in [4.78, 5) is 14.2. The molecule has 3 nitrogen and oxygen atoms in total. The number of esters is 1. The maximum atomic E-state index is 11.9. The van der Waals surface area contributed by atoms with Crippen molar-refractivity contribution in [3.8, 4) is 0 Å². The quantitative estimate of drug-likeness (QED) is 0.693. The van der Waals surface area contributed by atoms with E-state index in [2.05, 4.69) is 18.7 Å². The standard InChI is InChI=1S/C14H27NO2/c1-4-12-8-7-10-15(11-9-12)13(5-2)14(16)17-6-3/h12-13H,4-11H2,1-3H3. The summed E-state index contributed by atoms with van der Waals surface area (Å²) < 4.78 is 5.16. The molecule has 3 heteroatoms. The topological polar surface area (TPSA) is 29.5 Å². The van der Waals surface area contributed by atoms with Gasteiger partial charge in [0, 0.05) is 0 Å². The monoisotopic (exact) mass is 241 g/mol. The number of hydrogen-bond acceptors (Lipinski definition) is 3.